The van der Waals surface area contributed by atoms with Crippen LogP contribution in [0, 0.1) is 0 Å². The highest BCUT2D eigenvalue weighted by Crippen LogP contribution is 2.42. The third-order valence-electron chi connectivity index (χ3n) is 10.2. The molecule has 20 heteroatoms. The number of urea groups is 1. The van der Waals surface area contributed by atoms with Crippen molar-refractivity contribution >= 4 is 80.3 Å². The number of fused-ring (bicyclic) bond motifs is 5. The quantitative estimate of drug-likeness (QED) is 0.0293. The lowest BCUT2D eigenvalue weighted by molar-refractivity contribution is -0.142. The second-order valence-electron chi connectivity index (χ2n) is 14.8. The Morgan fingerprint density at radius 1 is 0.846 bits per heavy atom. The van der Waals surface area contributed by atoms with Gasteiger partial charge in [-0.05, 0) is 96.9 Å². The van der Waals surface area contributed by atoms with Crippen LogP contribution in [0.5, 0.6) is 5.75 Å². The minimum Gasteiger partial charge on any atom is -0.508 e. The van der Waals surface area contributed by atoms with E-state index in [1.165, 1.54) is 41.1 Å². The average Bonchev–Trinajstić information content (AvgIpc) is 4.05. The molecule has 65 heavy (non-hydrogen) atoms. The second kappa shape index (κ2) is 17.6. The van der Waals surface area contributed by atoms with Crippen LogP contribution in [-0.2, 0) is 23.0 Å². The van der Waals surface area contributed by atoms with E-state index in [4.69, 9.17) is 25.8 Å². The molecule has 2 amide bonds. The van der Waals surface area contributed by atoms with Gasteiger partial charge in [-0.3, -0.25) is 19.6 Å². The molecule has 0 fully saturated rings. The van der Waals surface area contributed by atoms with E-state index in [0.29, 0.717) is 86.7 Å². The highest BCUT2D eigenvalue weighted by atomic mass is 32.1. The molecular formula is C45H36N10O9S. The number of hydrogen-bond acceptors (Lipinski definition) is 13. The first-order valence-corrected chi connectivity index (χ1v) is 20.5. The zero-order chi connectivity index (χ0) is 45.2. The number of phenolic OH excluding ortho intramolecular Hbond substituents is 1. The van der Waals surface area contributed by atoms with E-state index in [2.05, 4.69) is 41.4 Å². The molecule has 2 aliphatic rings. The molecule has 0 unspecified atom stereocenters. The number of thiocarbonyl (C=S) groups is 1. The lowest BCUT2D eigenvalue weighted by atomic mass is 9.90. The first-order chi connectivity index (χ1) is 31.4. The number of phenols is 1. The van der Waals surface area contributed by atoms with Crippen molar-refractivity contribution in [3.8, 4) is 39.8 Å². The number of benzene rings is 4. The van der Waals surface area contributed by atoms with Crippen LogP contribution in [0.1, 0.15) is 28.8 Å². The summed E-state index contributed by atoms with van der Waals surface area (Å²) in [6.07, 6.45) is 4.48. The third-order valence-corrected chi connectivity index (χ3v) is 10.4. The lowest BCUT2D eigenvalue weighted by Crippen LogP contribution is -2.29. The fourth-order valence-electron chi connectivity index (χ4n) is 7.23. The maximum atomic E-state index is 13.1. The molecule has 5 heterocycles. The largest absolute Gasteiger partial charge is 0.508 e. The van der Waals surface area contributed by atoms with Crippen molar-refractivity contribution in [2.24, 2.45) is 7.05 Å². The van der Waals surface area contributed by atoms with Gasteiger partial charge in [0.15, 0.2) is 27.6 Å². The minimum atomic E-state index is -1.18. The first kappa shape index (κ1) is 41.7. The minimum absolute atomic E-state index is 0.0209. The number of nitrogens with zero attached hydrogens (tertiary/aromatic N) is 6. The number of aryl methyl sites for hydroxylation is 1. The fourth-order valence-corrected chi connectivity index (χ4v) is 7.45. The Morgan fingerprint density at radius 3 is 2.46 bits per heavy atom. The number of ether oxygens (including phenoxy) is 1. The van der Waals surface area contributed by atoms with Crippen LogP contribution < -0.4 is 26.7 Å². The van der Waals surface area contributed by atoms with Crippen molar-refractivity contribution in [2.75, 3.05) is 29.1 Å². The van der Waals surface area contributed by atoms with Crippen molar-refractivity contribution in [3.63, 3.8) is 0 Å². The number of aromatic hydroxyl groups is 1. The number of hydrogen-bond donors (Lipinski definition) is 6. The van der Waals surface area contributed by atoms with Gasteiger partial charge >= 0.3 is 18.0 Å². The monoisotopic (exact) mass is 892 g/mol. The Balaban J connectivity index is 0.735. The molecule has 0 radical (unpaired) electrons. The van der Waals surface area contributed by atoms with E-state index in [1.807, 2.05) is 0 Å². The van der Waals surface area contributed by atoms with Crippen LogP contribution in [0.4, 0.5) is 22.1 Å². The van der Waals surface area contributed by atoms with Crippen LogP contribution in [0.15, 0.2) is 117 Å². The van der Waals surface area contributed by atoms with Crippen molar-refractivity contribution in [2.45, 2.75) is 19.3 Å². The smallest absolute Gasteiger partial charge is 0.336 e. The number of carbonyl (C=O) groups excluding carboxylic acids is 2. The molecule has 7 aromatic rings. The van der Waals surface area contributed by atoms with Crippen molar-refractivity contribution in [1.29, 1.82) is 0 Å². The van der Waals surface area contributed by atoms with Gasteiger partial charge in [0.25, 0.3) is 0 Å². The summed E-state index contributed by atoms with van der Waals surface area (Å²) >= 11 is 5.46. The molecule has 0 spiro atoms. The molecule has 19 nitrogen and oxygen atoms in total. The number of aromatic nitrogens is 6. The molecule has 0 atom stereocenters. The van der Waals surface area contributed by atoms with Gasteiger partial charge in [-0.15, -0.1) is 5.10 Å². The normalized spacial score (nSPS) is 11.3. The zero-order valence-electron chi connectivity index (χ0n) is 34.2. The second-order valence-corrected chi connectivity index (χ2v) is 15.2. The Morgan fingerprint density at radius 2 is 1.66 bits per heavy atom. The summed E-state index contributed by atoms with van der Waals surface area (Å²) in [5.74, 6) is -0.527. The van der Waals surface area contributed by atoms with E-state index >= 15 is 0 Å². The average molecular weight is 893 g/mol. The highest BCUT2D eigenvalue weighted by Gasteiger charge is 2.23. The van der Waals surface area contributed by atoms with Crippen LogP contribution in [-0.4, -0.2) is 75.8 Å². The molecule has 9 rings (SSSR count). The summed E-state index contributed by atoms with van der Waals surface area (Å²) < 4.78 is 19.8. The molecule has 1 aliphatic carbocycles. The fraction of sp³-hybridized carbons (Fsp3) is 0.133. The number of carboxylic acids is 1. The highest BCUT2D eigenvalue weighted by molar-refractivity contribution is 7.80. The SMILES string of the molecule is Cn1cc2c(nc(NC(=O)Nc3ccc(CC(=O)OCCCCNC(=S)Nc4ccc(-c5c6ccc(=O)cc-6oc6cc(O)ccc56)c(C(=O)O)c4)cc3)n3nc(-c4ccco4)nc23)n1. The van der Waals surface area contributed by atoms with Gasteiger partial charge in [0.05, 0.1) is 30.2 Å². The summed E-state index contributed by atoms with van der Waals surface area (Å²) in [5.41, 5.74) is 3.83. The maximum absolute atomic E-state index is 13.1. The summed E-state index contributed by atoms with van der Waals surface area (Å²) in [6, 6.07) is 23.2. The van der Waals surface area contributed by atoms with Crippen molar-refractivity contribution in [3.05, 3.63) is 125 Å². The Labute approximate surface area is 372 Å². The molecule has 326 valence electrons. The van der Waals surface area contributed by atoms with Crippen LogP contribution >= 0.6 is 12.2 Å². The van der Waals surface area contributed by atoms with Crippen molar-refractivity contribution < 1.29 is 38.2 Å². The Bertz CT molecular complexity index is 3330. The standard InChI is InChI=1S/C45H36N10O9S/c1-54-23-33-39(52-54)50-43(55-41(33)49-40(53-55)34-5-4-18-62-34)51-44(61)47-25-8-6-24(7-9-25)19-37(58)63-17-3-2-16-46-45(65)48-26-10-13-29(32(20-26)42(59)60)38-30-14-11-27(56)21-35(30)64-36-22-28(57)12-15-31(36)38/h4-15,18,20-23,56H,2-3,16-17,19H2,1H3,(H,59,60)(H2,46,48,65)(H2,47,50,51,52,61). The van der Waals surface area contributed by atoms with Gasteiger partial charge < -0.3 is 39.7 Å². The number of amides is 2. The topological polar surface area (TPSA) is 253 Å². The molecule has 3 aromatic carbocycles. The molecule has 0 bridgehead atoms. The van der Waals surface area contributed by atoms with Crippen molar-refractivity contribution in [1.82, 2.24) is 34.7 Å². The summed E-state index contributed by atoms with van der Waals surface area (Å²) in [6.45, 7) is 0.648. The van der Waals surface area contributed by atoms with Gasteiger partial charge in [0.1, 0.15) is 17.1 Å². The molecule has 0 saturated heterocycles. The maximum Gasteiger partial charge on any atom is 0.336 e. The third kappa shape index (κ3) is 8.99. The number of aromatic carboxylic acids is 1. The number of anilines is 3. The van der Waals surface area contributed by atoms with Gasteiger partial charge in [-0.25, -0.2) is 14.6 Å². The Kier molecular flexibility index (Phi) is 11.3. The first-order valence-electron chi connectivity index (χ1n) is 20.0. The van der Waals surface area contributed by atoms with Gasteiger partial charge in [0.2, 0.25) is 11.8 Å². The number of furan rings is 1. The predicted molar refractivity (Wildman–Crippen MR) is 243 cm³/mol. The zero-order valence-corrected chi connectivity index (χ0v) is 35.0. The van der Waals surface area contributed by atoms with E-state index in [-0.39, 0.29) is 52.2 Å². The molecular weight excluding hydrogens is 857 g/mol. The van der Waals surface area contributed by atoms with Gasteiger partial charge in [0, 0.05) is 59.8 Å². The van der Waals surface area contributed by atoms with Crippen LogP contribution in [0.25, 0.3) is 61.7 Å². The summed E-state index contributed by atoms with van der Waals surface area (Å²) in [4.78, 5) is 59.4. The number of esters is 1. The van der Waals surface area contributed by atoms with Crippen LogP contribution in [0.2, 0.25) is 0 Å². The van der Waals surface area contributed by atoms with E-state index in [0.717, 1.165) is 0 Å². The molecule has 6 N–H and O–H groups in total. The number of rotatable bonds is 13. The number of nitrogens with one attached hydrogen (secondary N) is 4. The summed E-state index contributed by atoms with van der Waals surface area (Å²) in [7, 11) is 1.75. The molecule has 0 saturated carbocycles. The lowest BCUT2D eigenvalue weighted by Gasteiger charge is -2.18. The molecule has 4 aromatic heterocycles. The van der Waals surface area contributed by atoms with E-state index < -0.39 is 18.0 Å². The van der Waals surface area contributed by atoms with E-state index in [9.17, 15) is 29.4 Å². The van der Waals surface area contributed by atoms with Gasteiger partial charge in [-0.1, -0.05) is 18.2 Å². The number of unbranched alkanes of at least 4 members (excludes halogenated alkanes) is 1. The number of carbonyl (C=O) groups is 3. The predicted octanol–water partition coefficient (Wildman–Crippen LogP) is 7.05. The number of carboxylic acid groups (broad SMARTS) is 1. The Hall–Kier alpha value is -8.65. The van der Waals surface area contributed by atoms with E-state index in [1.54, 1.807) is 78.6 Å². The van der Waals surface area contributed by atoms with Gasteiger partial charge in [-0.2, -0.15) is 14.6 Å². The summed E-state index contributed by atoms with van der Waals surface area (Å²) in [5, 5.41) is 42.2. The molecule has 1 aliphatic heterocycles. The van der Waals surface area contributed by atoms with Crippen LogP contribution in [0.3, 0.4) is 0 Å².